The van der Waals surface area contributed by atoms with Gasteiger partial charge in [0.05, 0.1) is 0 Å². The number of hydrogen-bond acceptors (Lipinski definition) is 1. The predicted octanol–water partition coefficient (Wildman–Crippen LogP) is 4.09. The van der Waals surface area contributed by atoms with Crippen LogP contribution in [-0.4, -0.2) is 12.6 Å². The smallest absolute Gasteiger partial charge is 0.00198 e. The summed E-state index contributed by atoms with van der Waals surface area (Å²) in [4.78, 5) is 0. The molecule has 1 aromatic carbocycles. The van der Waals surface area contributed by atoms with Gasteiger partial charge >= 0.3 is 0 Å². The van der Waals surface area contributed by atoms with Crippen molar-refractivity contribution in [1.29, 1.82) is 0 Å². The molecule has 0 spiro atoms. The number of rotatable bonds is 4. The van der Waals surface area contributed by atoms with Gasteiger partial charge in [-0.2, -0.15) is 0 Å². The molecule has 0 aliphatic carbocycles. The molecule has 0 aliphatic rings. The van der Waals surface area contributed by atoms with Crippen LogP contribution in [0.3, 0.4) is 0 Å². The molecule has 1 aromatic rings. The van der Waals surface area contributed by atoms with E-state index in [1.165, 1.54) is 11.1 Å². The Balaban J connectivity index is 2.67. The van der Waals surface area contributed by atoms with E-state index in [1.807, 2.05) is 0 Å². The topological polar surface area (TPSA) is 12.0 Å². The molecule has 0 fully saturated rings. The van der Waals surface area contributed by atoms with Gasteiger partial charge in [-0.1, -0.05) is 65.8 Å². The summed E-state index contributed by atoms with van der Waals surface area (Å²) in [6.45, 7) is 14.5. The lowest BCUT2D eigenvalue weighted by Crippen LogP contribution is -2.27. The molecule has 0 aliphatic heterocycles. The third-order valence-electron chi connectivity index (χ3n) is 3.18. The molecular weight excluding hydrogens is 206 g/mol. The molecule has 0 amide bonds. The lowest BCUT2D eigenvalue weighted by molar-refractivity contribution is 0.547. The average molecular weight is 233 g/mol. The molecule has 17 heavy (non-hydrogen) atoms. The van der Waals surface area contributed by atoms with Gasteiger partial charge in [0.15, 0.2) is 0 Å². The summed E-state index contributed by atoms with van der Waals surface area (Å²) in [6, 6.07) is 9.63. The van der Waals surface area contributed by atoms with Crippen molar-refractivity contribution < 1.29 is 0 Å². The maximum atomic E-state index is 3.49. The average Bonchev–Trinajstić information content (AvgIpc) is 2.25. The minimum absolute atomic E-state index is 0.248. The Bertz CT molecular complexity index is 330. The van der Waals surface area contributed by atoms with Crippen LogP contribution in [0.2, 0.25) is 0 Å². The van der Waals surface area contributed by atoms with Crippen molar-refractivity contribution in [1.82, 2.24) is 5.32 Å². The predicted molar refractivity (Wildman–Crippen MR) is 76.7 cm³/mol. The maximum absolute atomic E-state index is 3.49. The summed E-state index contributed by atoms with van der Waals surface area (Å²) in [5.74, 6) is 0.575. The standard InChI is InChI=1S/C16H27N/c1-12(2)17-11-13(3)14-7-9-15(10-8-14)16(4,5)6/h7-10,12-13,17H,11H2,1-6H3/t13-/m1/s1. The fourth-order valence-corrected chi connectivity index (χ4v) is 1.84. The van der Waals surface area contributed by atoms with Crippen molar-refractivity contribution in [2.24, 2.45) is 0 Å². The van der Waals surface area contributed by atoms with Crippen LogP contribution < -0.4 is 5.32 Å². The number of nitrogens with one attached hydrogen (secondary N) is 1. The first kappa shape index (κ1) is 14.2. The summed E-state index contributed by atoms with van der Waals surface area (Å²) < 4.78 is 0. The van der Waals surface area contributed by atoms with E-state index >= 15 is 0 Å². The lowest BCUT2D eigenvalue weighted by Gasteiger charge is -2.21. The van der Waals surface area contributed by atoms with Gasteiger partial charge in [-0.05, 0) is 22.5 Å². The fraction of sp³-hybridized carbons (Fsp3) is 0.625. The zero-order chi connectivity index (χ0) is 13.1. The zero-order valence-electron chi connectivity index (χ0n) is 12.2. The zero-order valence-corrected chi connectivity index (χ0v) is 12.2. The van der Waals surface area contributed by atoms with Crippen molar-refractivity contribution >= 4 is 0 Å². The van der Waals surface area contributed by atoms with Gasteiger partial charge in [-0.15, -0.1) is 0 Å². The van der Waals surface area contributed by atoms with Gasteiger partial charge in [0.1, 0.15) is 0 Å². The van der Waals surface area contributed by atoms with E-state index in [0.29, 0.717) is 12.0 Å². The third-order valence-corrected chi connectivity index (χ3v) is 3.18. The first-order valence-electron chi connectivity index (χ1n) is 6.64. The largest absolute Gasteiger partial charge is 0.314 e. The highest BCUT2D eigenvalue weighted by Crippen LogP contribution is 2.24. The van der Waals surface area contributed by atoms with Crippen LogP contribution in [0, 0.1) is 0 Å². The Kier molecular flexibility index (Phi) is 4.76. The third kappa shape index (κ3) is 4.51. The minimum Gasteiger partial charge on any atom is -0.314 e. The van der Waals surface area contributed by atoms with Crippen molar-refractivity contribution in [3.8, 4) is 0 Å². The van der Waals surface area contributed by atoms with E-state index in [0.717, 1.165) is 6.54 Å². The van der Waals surface area contributed by atoms with E-state index in [2.05, 4.69) is 71.1 Å². The van der Waals surface area contributed by atoms with Crippen LogP contribution in [0.15, 0.2) is 24.3 Å². The molecule has 96 valence electrons. The Morgan fingerprint density at radius 1 is 1.00 bits per heavy atom. The molecule has 0 aromatic heterocycles. The molecule has 0 unspecified atom stereocenters. The Morgan fingerprint density at radius 2 is 1.53 bits per heavy atom. The first-order chi connectivity index (χ1) is 7.80. The van der Waals surface area contributed by atoms with Gasteiger partial charge < -0.3 is 5.32 Å². The van der Waals surface area contributed by atoms with Crippen molar-refractivity contribution in [2.75, 3.05) is 6.54 Å². The molecule has 1 N–H and O–H groups in total. The summed E-state index contributed by atoms with van der Waals surface area (Å²) >= 11 is 0. The summed E-state index contributed by atoms with van der Waals surface area (Å²) in [5, 5.41) is 3.49. The van der Waals surface area contributed by atoms with Crippen molar-refractivity contribution in [3.05, 3.63) is 35.4 Å². The summed E-state index contributed by atoms with van der Waals surface area (Å²) in [5.41, 5.74) is 3.08. The highest BCUT2D eigenvalue weighted by atomic mass is 14.9. The van der Waals surface area contributed by atoms with Crippen molar-refractivity contribution in [3.63, 3.8) is 0 Å². The molecule has 0 saturated heterocycles. The molecule has 1 atom stereocenters. The minimum atomic E-state index is 0.248. The molecule has 1 nitrogen and oxygen atoms in total. The van der Waals surface area contributed by atoms with E-state index in [9.17, 15) is 0 Å². The van der Waals surface area contributed by atoms with Crippen LogP contribution in [0.25, 0.3) is 0 Å². The van der Waals surface area contributed by atoms with Crippen LogP contribution in [0.1, 0.15) is 58.6 Å². The molecule has 1 rings (SSSR count). The second-order valence-corrected chi connectivity index (χ2v) is 6.34. The Labute approximate surface area is 107 Å². The van der Waals surface area contributed by atoms with Crippen LogP contribution in [-0.2, 0) is 5.41 Å². The molecular formula is C16H27N. The number of benzene rings is 1. The van der Waals surface area contributed by atoms with Gasteiger partial charge in [-0.25, -0.2) is 0 Å². The molecule has 0 saturated carbocycles. The Morgan fingerprint density at radius 3 is 1.94 bits per heavy atom. The van der Waals surface area contributed by atoms with Crippen molar-refractivity contribution in [2.45, 2.75) is 58.9 Å². The molecule has 0 heterocycles. The van der Waals surface area contributed by atoms with Gasteiger partial charge in [-0.3, -0.25) is 0 Å². The fourth-order valence-electron chi connectivity index (χ4n) is 1.84. The van der Waals surface area contributed by atoms with Gasteiger partial charge in [0.25, 0.3) is 0 Å². The lowest BCUT2D eigenvalue weighted by atomic mass is 9.86. The quantitative estimate of drug-likeness (QED) is 0.826. The number of hydrogen-bond donors (Lipinski definition) is 1. The van der Waals surface area contributed by atoms with Crippen LogP contribution >= 0.6 is 0 Å². The summed E-state index contributed by atoms with van der Waals surface area (Å²) in [7, 11) is 0. The van der Waals surface area contributed by atoms with E-state index in [1.54, 1.807) is 0 Å². The summed E-state index contributed by atoms with van der Waals surface area (Å²) in [6.07, 6.45) is 0. The monoisotopic (exact) mass is 233 g/mol. The van der Waals surface area contributed by atoms with Gasteiger partial charge in [0, 0.05) is 12.6 Å². The van der Waals surface area contributed by atoms with Crippen LogP contribution in [0.4, 0.5) is 0 Å². The highest BCUT2D eigenvalue weighted by molar-refractivity contribution is 5.29. The molecule has 1 heteroatoms. The molecule has 0 bridgehead atoms. The molecule has 0 radical (unpaired) electrons. The van der Waals surface area contributed by atoms with E-state index in [4.69, 9.17) is 0 Å². The second-order valence-electron chi connectivity index (χ2n) is 6.34. The Hall–Kier alpha value is -0.820. The van der Waals surface area contributed by atoms with Gasteiger partial charge in [0.2, 0.25) is 0 Å². The normalized spacial score (nSPS) is 14.1. The second kappa shape index (κ2) is 5.68. The van der Waals surface area contributed by atoms with E-state index < -0.39 is 0 Å². The maximum Gasteiger partial charge on any atom is 0.00198 e. The SMILES string of the molecule is CC(C)NC[C@@H](C)c1ccc(C(C)(C)C)cc1. The van der Waals surface area contributed by atoms with E-state index in [-0.39, 0.29) is 5.41 Å². The van der Waals surface area contributed by atoms with Crippen LogP contribution in [0.5, 0.6) is 0 Å². The first-order valence-corrected chi connectivity index (χ1v) is 6.64. The highest BCUT2D eigenvalue weighted by Gasteiger charge is 2.14.